The van der Waals surface area contributed by atoms with Crippen LogP contribution in [0.4, 0.5) is 0 Å². The number of methoxy groups -OCH3 is 1. The van der Waals surface area contributed by atoms with E-state index >= 15 is 0 Å². The van der Waals surface area contributed by atoms with E-state index in [-0.39, 0.29) is 12.6 Å². The fourth-order valence-electron chi connectivity index (χ4n) is 1.46. The highest BCUT2D eigenvalue weighted by Crippen LogP contribution is 2.14. The lowest BCUT2D eigenvalue weighted by Gasteiger charge is -2.21. The van der Waals surface area contributed by atoms with Crippen LogP contribution < -0.4 is 0 Å². The molecule has 0 radical (unpaired) electrons. The van der Waals surface area contributed by atoms with E-state index in [1.165, 1.54) is 0 Å². The van der Waals surface area contributed by atoms with Crippen LogP contribution >= 0.6 is 0 Å². The predicted molar refractivity (Wildman–Crippen MR) is 54.9 cm³/mol. The molecule has 80 valence electrons. The molecule has 0 bridgehead atoms. The third-order valence-electron chi connectivity index (χ3n) is 2.40. The highest BCUT2D eigenvalue weighted by Gasteiger charge is 2.24. The van der Waals surface area contributed by atoms with Crippen molar-refractivity contribution in [2.75, 3.05) is 26.8 Å². The number of ether oxygens (including phenoxy) is 1. The Morgan fingerprint density at radius 1 is 1.54 bits per heavy atom. The summed E-state index contributed by atoms with van der Waals surface area (Å²) in [5, 5.41) is 8.87. The first-order chi connectivity index (χ1) is 6.27. The zero-order valence-electron chi connectivity index (χ0n) is 9.29. The molecule has 3 heteroatoms. The summed E-state index contributed by atoms with van der Waals surface area (Å²) >= 11 is 0. The largest absolute Gasteiger partial charge is 0.395 e. The fraction of sp³-hybridized carbons (Fsp3) is 1.00. The maximum atomic E-state index is 8.87. The Morgan fingerprint density at radius 2 is 2.15 bits per heavy atom. The topological polar surface area (TPSA) is 32.7 Å². The van der Waals surface area contributed by atoms with Gasteiger partial charge < -0.3 is 9.84 Å². The summed E-state index contributed by atoms with van der Waals surface area (Å²) in [6.07, 6.45) is 1.48. The van der Waals surface area contributed by atoms with E-state index in [0.717, 1.165) is 19.5 Å². The molecule has 1 aliphatic heterocycles. The Hall–Kier alpha value is -0.120. The second-order valence-corrected chi connectivity index (χ2v) is 3.17. The first-order valence-corrected chi connectivity index (χ1v) is 5.15. The van der Waals surface area contributed by atoms with E-state index in [0.29, 0.717) is 6.10 Å². The zero-order chi connectivity index (χ0) is 10.3. The SMILES string of the molecule is CC.COC1CCN(C(C)CO)C1. The van der Waals surface area contributed by atoms with Crippen molar-refractivity contribution in [1.82, 2.24) is 4.90 Å². The van der Waals surface area contributed by atoms with E-state index in [1.807, 2.05) is 20.8 Å². The van der Waals surface area contributed by atoms with Crippen LogP contribution in [-0.4, -0.2) is 49.0 Å². The molecule has 3 nitrogen and oxygen atoms in total. The summed E-state index contributed by atoms with van der Waals surface area (Å²) in [5.74, 6) is 0. The Balaban J connectivity index is 0.000000671. The van der Waals surface area contributed by atoms with E-state index in [4.69, 9.17) is 9.84 Å². The third-order valence-corrected chi connectivity index (χ3v) is 2.40. The molecule has 13 heavy (non-hydrogen) atoms. The maximum absolute atomic E-state index is 8.87. The summed E-state index contributed by atoms with van der Waals surface area (Å²) in [6, 6.07) is 0.287. The number of nitrogens with zero attached hydrogens (tertiary/aromatic N) is 1. The second kappa shape index (κ2) is 7.30. The number of hydrogen-bond acceptors (Lipinski definition) is 3. The van der Waals surface area contributed by atoms with E-state index < -0.39 is 0 Å². The van der Waals surface area contributed by atoms with Crippen molar-refractivity contribution in [3.05, 3.63) is 0 Å². The predicted octanol–water partition coefficient (Wildman–Crippen LogP) is 1.11. The van der Waals surface area contributed by atoms with Crippen molar-refractivity contribution in [3.63, 3.8) is 0 Å². The highest BCUT2D eigenvalue weighted by atomic mass is 16.5. The summed E-state index contributed by atoms with van der Waals surface area (Å²) in [4.78, 5) is 2.26. The van der Waals surface area contributed by atoms with Crippen LogP contribution in [0.15, 0.2) is 0 Å². The minimum absolute atomic E-state index is 0.246. The molecule has 0 aromatic heterocycles. The third kappa shape index (κ3) is 4.07. The zero-order valence-corrected chi connectivity index (χ0v) is 9.29. The van der Waals surface area contributed by atoms with Gasteiger partial charge in [0.25, 0.3) is 0 Å². The first kappa shape index (κ1) is 12.9. The van der Waals surface area contributed by atoms with Crippen molar-refractivity contribution in [2.24, 2.45) is 0 Å². The molecule has 2 unspecified atom stereocenters. The molecule has 0 spiro atoms. The van der Waals surface area contributed by atoms with E-state index in [1.54, 1.807) is 7.11 Å². The van der Waals surface area contributed by atoms with Gasteiger partial charge in [-0.15, -0.1) is 0 Å². The standard InChI is InChI=1S/C8H17NO2.C2H6/c1-7(6-10)9-4-3-8(5-9)11-2;1-2/h7-8,10H,3-6H2,1-2H3;1-2H3. The van der Waals surface area contributed by atoms with Crippen molar-refractivity contribution in [1.29, 1.82) is 0 Å². The van der Waals surface area contributed by atoms with E-state index in [2.05, 4.69) is 4.90 Å². The minimum Gasteiger partial charge on any atom is -0.395 e. The molecule has 0 aromatic rings. The van der Waals surface area contributed by atoms with E-state index in [9.17, 15) is 0 Å². The molecule has 2 atom stereocenters. The normalized spacial score (nSPS) is 25.2. The van der Waals surface area contributed by atoms with Gasteiger partial charge in [0.15, 0.2) is 0 Å². The van der Waals surface area contributed by atoms with Gasteiger partial charge in [0.05, 0.1) is 12.7 Å². The molecule has 0 amide bonds. The van der Waals surface area contributed by atoms with Crippen LogP contribution in [-0.2, 0) is 4.74 Å². The van der Waals surface area contributed by atoms with Crippen LogP contribution in [0.25, 0.3) is 0 Å². The summed E-state index contributed by atoms with van der Waals surface area (Å²) in [6.45, 7) is 8.31. The monoisotopic (exact) mass is 189 g/mol. The van der Waals surface area contributed by atoms with Gasteiger partial charge in [-0.1, -0.05) is 13.8 Å². The number of aliphatic hydroxyl groups excluding tert-OH is 1. The smallest absolute Gasteiger partial charge is 0.0710 e. The fourth-order valence-corrected chi connectivity index (χ4v) is 1.46. The molecule has 0 aliphatic carbocycles. The van der Waals surface area contributed by atoms with Gasteiger partial charge in [-0.05, 0) is 13.3 Å². The molecular weight excluding hydrogens is 166 g/mol. The molecular formula is C10H23NO2. The van der Waals surface area contributed by atoms with Crippen LogP contribution in [0.5, 0.6) is 0 Å². The highest BCUT2D eigenvalue weighted by molar-refractivity contribution is 4.79. The van der Waals surface area contributed by atoms with Crippen molar-refractivity contribution >= 4 is 0 Å². The Bertz CT molecular complexity index is 119. The van der Waals surface area contributed by atoms with Crippen LogP contribution in [0.2, 0.25) is 0 Å². The molecule has 1 fully saturated rings. The summed E-state index contributed by atoms with van der Waals surface area (Å²) in [5.41, 5.74) is 0. The second-order valence-electron chi connectivity index (χ2n) is 3.17. The Kier molecular flexibility index (Phi) is 7.23. The minimum atomic E-state index is 0.246. The summed E-state index contributed by atoms with van der Waals surface area (Å²) in [7, 11) is 1.75. The van der Waals surface area contributed by atoms with Crippen molar-refractivity contribution < 1.29 is 9.84 Å². The molecule has 0 aromatic carbocycles. The lowest BCUT2D eigenvalue weighted by Crippen LogP contribution is -2.34. The average molecular weight is 189 g/mol. The Labute approximate surface area is 81.7 Å². The lowest BCUT2D eigenvalue weighted by atomic mass is 10.3. The number of likely N-dealkylation sites (tertiary alicyclic amines) is 1. The molecule has 1 heterocycles. The molecule has 1 N–H and O–H groups in total. The van der Waals surface area contributed by atoms with Gasteiger partial charge in [0.2, 0.25) is 0 Å². The number of aliphatic hydroxyl groups is 1. The van der Waals surface area contributed by atoms with Gasteiger partial charge in [0, 0.05) is 26.2 Å². The molecule has 0 saturated carbocycles. The number of hydrogen-bond donors (Lipinski definition) is 1. The molecule has 1 saturated heterocycles. The van der Waals surface area contributed by atoms with Crippen LogP contribution in [0.3, 0.4) is 0 Å². The lowest BCUT2D eigenvalue weighted by molar-refractivity contribution is 0.0925. The van der Waals surface area contributed by atoms with Crippen LogP contribution in [0.1, 0.15) is 27.2 Å². The Morgan fingerprint density at radius 3 is 2.54 bits per heavy atom. The van der Waals surface area contributed by atoms with Crippen LogP contribution in [0, 0.1) is 0 Å². The molecule has 1 aliphatic rings. The van der Waals surface area contributed by atoms with Crippen molar-refractivity contribution in [3.8, 4) is 0 Å². The first-order valence-electron chi connectivity index (χ1n) is 5.15. The van der Waals surface area contributed by atoms with Gasteiger partial charge in [-0.25, -0.2) is 0 Å². The maximum Gasteiger partial charge on any atom is 0.0710 e. The number of rotatable bonds is 3. The van der Waals surface area contributed by atoms with Gasteiger partial charge in [0.1, 0.15) is 0 Å². The van der Waals surface area contributed by atoms with Gasteiger partial charge in [-0.3, -0.25) is 4.90 Å². The quantitative estimate of drug-likeness (QED) is 0.722. The van der Waals surface area contributed by atoms with Gasteiger partial charge >= 0.3 is 0 Å². The summed E-state index contributed by atoms with van der Waals surface area (Å²) < 4.78 is 5.21. The average Bonchev–Trinajstić information content (AvgIpc) is 2.68. The molecule has 1 rings (SSSR count). The van der Waals surface area contributed by atoms with Gasteiger partial charge in [-0.2, -0.15) is 0 Å². The van der Waals surface area contributed by atoms with Crippen molar-refractivity contribution in [2.45, 2.75) is 39.3 Å².